The maximum absolute atomic E-state index is 12.1. The summed E-state index contributed by atoms with van der Waals surface area (Å²) in [6.45, 7) is 7.71. The maximum Gasteiger partial charge on any atom is 0.191 e. The number of nitrogens with zero attached hydrogens (tertiary/aromatic N) is 1. The summed E-state index contributed by atoms with van der Waals surface area (Å²) in [6.07, 6.45) is 6.84. The van der Waals surface area contributed by atoms with E-state index >= 15 is 0 Å². The van der Waals surface area contributed by atoms with Crippen molar-refractivity contribution >= 4 is 16.8 Å². The third-order valence-electron chi connectivity index (χ3n) is 4.80. The van der Waals surface area contributed by atoms with Gasteiger partial charge in [0.1, 0.15) is 0 Å². The molecule has 4 atom stereocenters. The van der Waals surface area contributed by atoms with Crippen LogP contribution in [0.5, 0.6) is 0 Å². The Hall–Kier alpha value is -0.660. The van der Waals surface area contributed by atoms with Crippen molar-refractivity contribution in [1.29, 1.82) is 0 Å². The van der Waals surface area contributed by atoms with Crippen molar-refractivity contribution in [3.8, 4) is 0 Å². The Morgan fingerprint density at radius 3 is 2.88 bits per heavy atom. The molecule has 1 aliphatic carbocycles. The average molecular weight is 374 g/mol. The van der Waals surface area contributed by atoms with E-state index in [-0.39, 0.29) is 6.10 Å². The average Bonchev–Trinajstić information content (AvgIpc) is 3.14. The Morgan fingerprint density at radius 1 is 1.28 bits per heavy atom. The molecule has 2 aliphatic rings. The van der Waals surface area contributed by atoms with Gasteiger partial charge in [0.15, 0.2) is 5.96 Å². The van der Waals surface area contributed by atoms with E-state index in [1.165, 1.54) is 0 Å². The van der Waals surface area contributed by atoms with Gasteiger partial charge in [-0.15, -0.1) is 0 Å². The van der Waals surface area contributed by atoms with E-state index in [4.69, 9.17) is 9.47 Å². The number of guanidine groups is 1. The molecule has 1 aliphatic heterocycles. The van der Waals surface area contributed by atoms with Gasteiger partial charge in [-0.2, -0.15) is 0 Å². The van der Waals surface area contributed by atoms with Crippen molar-refractivity contribution in [2.45, 2.75) is 69.8 Å². The van der Waals surface area contributed by atoms with Crippen LogP contribution < -0.4 is 10.6 Å². The molecule has 1 saturated heterocycles. The first-order chi connectivity index (χ1) is 12.2. The van der Waals surface area contributed by atoms with E-state index in [0.717, 1.165) is 63.4 Å². The lowest BCUT2D eigenvalue weighted by Gasteiger charge is -2.30. The first kappa shape index (κ1) is 20.6. The molecule has 146 valence electrons. The van der Waals surface area contributed by atoms with E-state index in [1.54, 1.807) is 0 Å². The first-order valence-corrected chi connectivity index (χ1v) is 11.2. The largest absolute Gasteiger partial charge is 0.377 e. The topological polar surface area (TPSA) is 72.0 Å². The third kappa shape index (κ3) is 7.62. The van der Waals surface area contributed by atoms with Gasteiger partial charge in [0.05, 0.1) is 25.9 Å². The summed E-state index contributed by atoms with van der Waals surface area (Å²) in [5.41, 5.74) is 0. The zero-order chi connectivity index (χ0) is 17.9. The first-order valence-electron chi connectivity index (χ1n) is 9.84. The van der Waals surface area contributed by atoms with Crippen LogP contribution in [0.25, 0.3) is 0 Å². The second kappa shape index (κ2) is 11.9. The quantitative estimate of drug-likeness (QED) is 0.366. The van der Waals surface area contributed by atoms with Gasteiger partial charge < -0.3 is 20.1 Å². The van der Waals surface area contributed by atoms with Gasteiger partial charge in [0.25, 0.3) is 0 Å². The fourth-order valence-electron chi connectivity index (χ4n) is 3.48. The highest BCUT2D eigenvalue weighted by molar-refractivity contribution is 7.85. The number of aliphatic imine (C=N–C) groups is 1. The van der Waals surface area contributed by atoms with E-state index < -0.39 is 10.8 Å². The molecule has 6 nitrogen and oxygen atoms in total. The van der Waals surface area contributed by atoms with Gasteiger partial charge in [-0.1, -0.05) is 13.3 Å². The molecule has 2 rings (SSSR count). The van der Waals surface area contributed by atoms with Crippen LogP contribution in [-0.4, -0.2) is 66.2 Å². The van der Waals surface area contributed by atoms with Crippen LogP contribution in [0, 0.1) is 0 Å². The zero-order valence-corrected chi connectivity index (χ0v) is 16.6. The molecule has 0 aromatic carbocycles. The summed E-state index contributed by atoms with van der Waals surface area (Å²) in [4.78, 5) is 4.61. The molecule has 4 unspecified atom stereocenters. The molecule has 1 saturated carbocycles. The molecule has 2 N–H and O–H groups in total. The van der Waals surface area contributed by atoms with Crippen molar-refractivity contribution < 1.29 is 13.7 Å². The molecule has 25 heavy (non-hydrogen) atoms. The maximum atomic E-state index is 12.1. The Balaban J connectivity index is 1.71. The van der Waals surface area contributed by atoms with Crippen LogP contribution >= 0.6 is 0 Å². The molecule has 7 heteroatoms. The summed E-state index contributed by atoms with van der Waals surface area (Å²) in [7, 11) is -0.694. The summed E-state index contributed by atoms with van der Waals surface area (Å²) >= 11 is 0. The van der Waals surface area contributed by atoms with Gasteiger partial charge in [0.2, 0.25) is 0 Å². The van der Waals surface area contributed by atoms with Crippen LogP contribution in [0.2, 0.25) is 0 Å². The van der Waals surface area contributed by atoms with E-state index in [9.17, 15) is 4.21 Å². The minimum atomic E-state index is -0.694. The van der Waals surface area contributed by atoms with E-state index in [0.29, 0.717) is 31.1 Å². The van der Waals surface area contributed by atoms with Gasteiger partial charge in [-0.25, -0.2) is 0 Å². The molecule has 1 heterocycles. The summed E-state index contributed by atoms with van der Waals surface area (Å²) in [5.74, 6) is 1.60. The molecular weight excluding hydrogens is 338 g/mol. The van der Waals surface area contributed by atoms with Gasteiger partial charge in [0, 0.05) is 41.0 Å². The highest BCUT2D eigenvalue weighted by atomic mass is 32.2. The number of nitrogens with one attached hydrogen (secondary N) is 2. The number of hydrogen-bond donors (Lipinski definition) is 2. The lowest BCUT2D eigenvalue weighted by atomic mass is 9.95. The second-order valence-corrected chi connectivity index (χ2v) is 8.78. The van der Waals surface area contributed by atoms with Gasteiger partial charge in [-0.05, 0) is 39.0 Å². The van der Waals surface area contributed by atoms with Crippen LogP contribution in [-0.2, 0) is 20.3 Å². The summed E-state index contributed by atoms with van der Waals surface area (Å²) in [5, 5.41) is 7.15. The molecule has 2 fully saturated rings. The fraction of sp³-hybridized carbons (Fsp3) is 0.944. The third-order valence-corrected chi connectivity index (χ3v) is 6.54. The SMILES string of the molecule is CCNC(=NCCOCC1CCCO1)NC1CCCC(S(=O)CC)C1. The van der Waals surface area contributed by atoms with Crippen molar-refractivity contribution in [3.63, 3.8) is 0 Å². The lowest BCUT2D eigenvalue weighted by Crippen LogP contribution is -2.46. The predicted octanol–water partition coefficient (Wildman–Crippen LogP) is 1.82. The molecule has 0 radical (unpaired) electrons. The second-order valence-electron chi connectivity index (χ2n) is 6.77. The van der Waals surface area contributed by atoms with E-state index in [1.807, 2.05) is 6.92 Å². The Kier molecular flexibility index (Phi) is 9.80. The molecule has 0 bridgehead atoms. The van der Waals surface area contributed by atoms with Gasteiger partial charge in [-0.3, -0.25) is 9.20 Å². The van der Waals surface area contributed by atoms with Crippen molar-refractivity contribution in [2.75, 3.05) is 38.7 Å². The minimum absolute atomic E-state index is 0.272. The van der Waals surface area contributed by atoms with Crippen LogP contribution in [0.15, 0.2) is 4.99 Å². The van der Waals surface area contributed by atoms with Crippen LogP contribution in [0.4, 0.5) is 0 Å². The Labute approximate surface area is 155 Å². The smallest absolute Gasteiger partial charge is 0.191 e. The standard InChI is InChI=1S/C18H35N3O3S/c1-3-19-18(20-10-12-23-14-16-8-6-11-24-16)21-15-7-5-9-17(13-15)25(22)4-2/h15-17H,3-14H2,1-2H3,(H2,19,20,21). The molecule has 0 spiro atoms. The van der Waals surface area contributed by atoms with E-state index in [2.05, 4.69) is 22.5 Å². The number of rotatable bonds is 9. The van der Waals surface area contributed by atoms with Crippen molar-refractivity contribution in [2.24, 2.45) is 4.99 Å². The Morgan fingerprint density at radius 2 is 2.16 bits per heavy atom. The van der Waals surface area contributed by atoms with Gasteiger partial charge >= 0.3 is 0 Å². The highest BCUT2D eigenvalue weighted by Crippen LogP contribution is 2.23. The minimum Gasteiger partial charge on any atom is -0.377 e. The van der Waals surface area contributed by atoms with Crippen LogP contribution in [0.1, 0.15) is 52.4 Å². The zero-order valence-electron chi connectivity index (χ0n) is 15.8. The molecular formula is C18H35N3O3S. The van der Waals surface area contributed by atoms with Crippen LogP contribution in [0.3, 0.4) is 0 Å². The molecule has 0 aromatic rings. The normalized spacial score (nSPS) is 28.7. The monoisotopic (exact) mass is 373 g/mol. The Bertz CT molecular complexity index is 428. The summed E-state index contributed by atoms with van der Waals surface area (Å²) in [6, 6.07) is 0.361. The fourth-order valence-corrected chi connectivity index (χ4v) is 4.82. The predicted molar refractivity (Wildman–Crippen MR) is 104 cm³/mol. The highest BCUT2D eigenvalue weighted by Gasteiger charge is 2.26. The molecule has 0 aromatic heterocycles. The van der Waals surface area contributed by atoms with Crippen molar-refractivity contribution in [3.05, 3.63) is 0 Å². The van der Waals surface area contributed by atoms with Crippen molar-refractivity contribution in [1.82, 2.24) is 10.6 Å². The lowest BCUT2D eigenvalue weighted by molar-refractivity contribution is 0.0200. The summed E-state index contributed by atoms with van der Waals surface area (Å²) < 4.78 is 23.3. The number of hydrogen-bond acceptors (Lipinski definition) is 4. The number of ether oxygens (including phenoxy) is 2. The molecule has 0 amide bonds.